The number of aromatic carboxylic acids is 2. The third-order valence-electron chi connectivity index (χ3n) is 7.21. The van der Waals surface area contributed by atoms with Crippen LogP contribution in [0.4, 0.5) is 0 Å². The number of carbonyl (C=O) groups is 2. The Balaban J connectivity index is 1.65. The lowest BCUT2D eigenvalue weighted by Crippen LogP contribution is -2.26. The Hall–Kier alpha value is -3.37. The van der Waals surface area contributed by atoms with E-state index in [2.05, 4.69) is 37.3 Å². The topological polar surface area (TPSA) is 74.6 Å². The molecule has 2 atom stereocenters. The molecule has 2 unspecified atom stereocenters. The summed E-state index contributed by atoms with van der Waals surface area (Å²) in [6, 6.07) is 17.1. The van der Waals surface area contributed by atoms with Crippen LogP contribution in [0.3, 0.4) is 0 Å². The molecule has 0 spiro atoms. The molecule has 0 saturated heterocycles. The molecule has 0 fully saturated rings. The largest absolute Gasteiger partial charge is 0.478 e. The zero-order valence-corrected chi connectivity index (χ0v) is 19.6. The van der Waals surface area contributed by atoms with Crippen molar-refractivity contribution in [1.82, 2.24) is 0 Å². The number of rotatable bonds is 5. The minimum Gasteiger partial charge on any atom is -0.478 e. The van der Waals surface area contributed by atoms with Gasteiger partial charge >= 0.3 is 11.9 Å². The average Bonchev–Trinajstić information content (AvgIpc) is 2.84. The van der Waals surface area contributed by atoms with Crippen LogP contribution in [-0.2, 0) is 12.8 Å². The maximum Gasteiger partial charge on any atom is 0.335 e. The maximum atomic E-state index is 11.8. The molecule has 2 aliphatic carbocycles. The Morgan fingerprint density at radius 2 is 1.59 bits per heavy atom. The van der Waals surface area contributed by atoms with Crippen LogP contribution in [0.1, 0.15) is 63.1 Å². The number of fused-ring (bicyclic) bond motifs is 4. The summed E-state index contributed by atoms with van der Waals surface area (Å²) in [7, 11) is 0. The van der Waals surface area contributed by atoms with Gasteiger partial charge in [0.2, 0.25) is 0 Å². The van der Waals surface area contributed by atoms with Gasteiger partial charge in [0.25, 0.3) is 0 Å². The number of hydrogen-bond acceptors (Lipinski definition) is 2. The van der Waals surface area contributed by atoms with Gasteiger partial charge in [0.1, 0.15) is 0 Å². The molecular formula is C29H25ClO4. The molecule has 0 saturated carbocycles. The van der Waals surface area contributed by atoms with Gasteiger partial charge in [-0.3, -0.25) is 0 Å². The molecule has 34 heavy (non-hydrogen) atoms. The van der Waals surface area contributed by atoms with E-state index in [9.17, 15) is 19.8 Å². The number of carboxylic acids is 2. The third-order valence-corrected chi connectivity index (χ3v) is 7.68. The molecule has 2 aliphatic rings. The summed E-state index contributed by atoms with van der Waals surface area (Å²) in [6.07, 6.45) is 5.15. The van der Waals surface area contributed by atoms with Gasteiger partial charge in [-0.2, -0.15) is 0 Å². The standard InChI is InChI=1S/C29H25ClO4/c1-2-18-26-19-12-10-16(15-25-23(28(31)32)8-5-9-24(25)29(33)34)14-17(19)11-13-21(26)20-6-3-4-7-22(20)27(18)30/h3-9,11,13-14,16,18H,2,10,12,15H2,1H3,(H,31,32)(H,33,34). The van der Waals surface area contributed by atoms with Crippen molar-refractivity contribution >= 4 is 34.6 Å². The predicted octanol–water partition coefficient (Wildman–Crippen LogP) is 4.81. The van der Waals surface area contributed by atoms with E-state index in [0.717, 1.165) is 34.7 Å². The summed E-state index contributed by atoms with van der Waals surface area (Å²) in [4.78, 5) is 23.6. The zero-order chi connectivity index (χ0) is 24.0. The molecule has 0 bridgehead atoms. The summed E-state index contributed by atoms with van der Waals surface area (Å²) < 4.78 is 0. The van der Waals surface area contributed by atoms with E-state index < -0.39 is 11.9 Å². The second-order valence-corrected chi connectivity index (χ2v) is 9.47. The van der Waals surface area contributed by atoms with Gasteiger partial charge in [0.15, 0.2) is 0 Å². The highest BCUT2D eigenvalue weighted by molar-refractivity contribution is 6.46. The summed E-state index contributed by atoms with van der Waals surface area (Å²) in [5.74, 6) is -1.99. The Labute approximate surface area is 202 Å². The summed E-state index contributed by atoms with van der Waals surface area (Å²) in [5.41, 5.74) is 3.12. The van der Waals surface area contributed by atoms with Gasteiger partial charge in [-0.25, -0.2) is 9.59 Å². The van der Waals surface area contributed by atoms with E-state index in [1.165, 1.54) is 39.8 Å². The zero-order valence-electron chi connectivity index (χ0n) is 18.8. The van der Waals surface area contributed by atoms with Gasteiger partial charge in [0, 0.05) is 11.0 Å². The lowest BCUT2D eigenvalue weighted by atomic mass is 9.78. The van der Waals surface area contributed by atoms with Gasteiger partial charge < -0.3 is 10.2 Å². The summed E-state index contributed by atoms with van der Waals surface area (Å²) in [5, 5.41) is 24.8. The van der Waals surface area contributed by atoms with Gasteiger partial charge in [-0.05, 0) is 81.3 Å². The van der Waals surface area contributed by atoms with Crippen LogP contribution in [0.25, 0.3) is 11.1 Å². The second kappa shape index (κ2) is 8.77. The average molecular weight is 473 g/mol. The van der Waals surface area contributed by atoms with Crippen LogP contribution in [0.5, 0.6) is 0 Å². The van der Waals surface area contributed by atoms with E-state index in [0.29, 0.717) is 12.0 Å². The van der Waals surface area contributed by atoms with Crippen molar-refractivity contribution in [2.75, 3.05) is 0 Å². The van der Waals surface area contributed by atoms with Crippen LogP contribution in [0, 0.1) is 16.4 Å². The van der Waals surface area contributed by atoms with Crippen LogP contribution in [-0.4, -0.2) is 22.2 Å². The minimum atomic E-state index is -1.10. The van der Waals surface area contributed by atoms with Crippen molar-refractivity contribution in [3.8, 4) is 0 Å². The first kappa shape index (κ1) is 22.4. The lowest BCUT2D eigenvalue weighted by Gasteiger charge is -2.27. The molecule has 0 heterocycles. The molecule has 3 aromatic rings. The van der Waals surface area contributed by atoms with Crippen molar-refractivity contribution in [1.29, 1.82) is 0 Å². The molecule has 3 aromatic carbocycles. The molecular weight excluding hydrogens is 448 g/mol. The SMILES string of the molecule is CCC1C(Cl)=c2ccccc2=c2ccc3c(c21)CCC(Cc1c(C(=O)O)cccc1C(=O)O)C=3. The Kier molecular flexibility index (Phi) is 5.78. The monoisotopic (exact) mass is 472 g/mol. The van der Waals surface area contributed by atoms with Gasteiger partial charge in [-0.15, -0.1) is 0 Å². The summed E-state index contributed by atoms with van der Waals surface area (Å²) >= 11 is 6.91. The third kappa shape index (κ3) is 3.63. The van der Waals surface area contributed by atoms with Gasteiger partial charge in [-0.1, -0.05) is 67.1 Å². The molecule has 0 aliphatic heterocycles. The first-order valence-corrected chi connectivity index (χ1v) is 12.0. The molecule has 0 radical (unpaired) electrons. The highest BCUT2D eigenvalue weighted by Gasteiger charge is 2.27. The normalized spacial score (nSPS) is 18.4. The molecule has 4 nitrogen and oxygen atoms in total. The highest BCUT2D eigenvalue weighted by Crippen LogP contribution is 2.37. The minimum absolute atomic E-state index is 0.0551. The van der Waals surface area contributed by atoms with E-state index >= 15 is 0 Å². The van der Waals surface area contributed by atoms with E-state index in [-0.39, 0.29) is 23.0 Å². The maximum absolute atomic E-state index is 11.8. The quantitative estimate of drug-likeness (QED) is 0.559. The number of halogens is 1. The summed E-state index contributed by atoms with van der Waals surface area (Å²) in [6.45, 7) is 2.16. The molecule has 0 amide bonds. The number of hydrogen-bond donors (Lipinski definition) is 2. The Morgan fingerprint density at radius 3 is 2.24 bits per heavy atom. The Bertz CT molecular complexity index is 1520. The fraction of sp³-hybridized carbons (Fsp3) is 0.241. The first-order chi connectivity index (χ1) is 16.4. The van der Waals surface area contributed by atoms with Crippen LogP contribution in [0.2, 0.25) is 0 Å². The van der Waals surface area contributed by atoms with Crippen molar-refractivity contribution in [2.24, 2.45) is 5.92 Å². The van der Waals surface area contributed by atoms with E-state index in [1.807, 2.05) is 12.1 Å². The van der Waals surface area contributed by atoms with Crippen LogP contribution in [0.15, 0.2) is 54.6 Å². The second-order valence-electron chi connectivity index (χ2n) is 9.06. The molecule has 172 valence electrons. The predicted molar refractivity (Wildman–Crippen MR) is 132 cm³/mol. The molecule has 5 rings (SSSR count). The fourth-order valence-electron chi connectivity index (χ4n) is 5.67. The van der Waals surface area contributed by atoms with Crippen molar-refractivity contribution < 1.29 is 19.8 Å². The smallest absolute Gasteiger partial charge is 0.335 e. The van der Waals surface area contributed by atoms with E-state index in [4.69, 9.17) is 11.6 Å². The molecule has 0 aromatic heterocycles. The highest BCUT2D eigenvalue weighted by atomic mass is 35.5. The van der Waals surface area contributed by atoms with Crippen LogP contribution >= 0.6 is 11.6 Å². The lowest BCUT2D eigenvalue weighted by molar-refractivity contribution is 0.0695. The van der Waals surface area contributed by atoms with Crippen molar-refractivity contribution in [2.45, 2.75) is 38.5 Å². The fourth-order valence-corrected chi connectivity index (χ4v) is 6.10. The Morgan fingerprint density at radius 1 is 0.912 bits per heavy atom. The number of benzene rings is 3. The van der Waals surface area contributed by atoms with Crippen LogP contribution < -0.4 is 10.4 Å². The van der Waals surface area contributed by atoms with Crippen molar-refractivity contribution in [3.63, 3.8) is 0 Å². The number of carboxylic acid groups (broad SMARTS) is 2. The first-order valence-electron chi connectivity index (χ1n) is 11.6. The van der Waals surface area contributed by atoms with Crippen molar-refractivity contribution in [3.05, 3.63) is 103 Å². The molecule has 2 N–H and O–H groups in total. The van der Waals surface area contributed by atoms with Gasteiger partial charge in [0.05, 0.1) is 11.1 Å². The van der Waals surface area contributed by atoms with E-state index in [1.54, 1.807) is 0 Å². The molecule has 5 heteroatoms.